The minimum atomic E-state index is 0.00270. The van der Waals surface area contributed by atoms with Gasteiger partial charge in [-0.25, -0.2) is 15.0 Å². The van der Waals surface area contributed by atoms with Crippen molar-refractivity contribution in [3.63, 3.8) is 0 Å². The number of aromatic nitrogens is 4. The van der Waals surface area contributed by atoms with Gasteiger partial charge in [-0.3, -0.25) is 0 Å². The van der Waals surface area contributed by atoms with Crippen molar-refractivity contribution in [2.75, 3.05) is 6.54 Å². The number of imidazole rings is 1. The first-order chi connectivity index (χ1) is 9.70. The average molecular weight is 267 g/mol. The van der Waals surface area contributed by atoms with Crippen molar-refractivity contribution in [3.05, 3.63) is 53.9 Å². The lowest BCUT2D eigenvalue weighted by atomic mass is 9.98. The van der Waals surface area contributed by atoms with Crippen LogP contribution in [0.15, 0.2) is 36.7 Å². The lowest BCUT2D eigenvalue weighted by molar-refractivity contribution is 0.750. The van der Waals surface area contributed by atoms with Gasteiger partial charge in [0.25, 0.3) is 0 Å². The van der Waals surface area contributed by atoms with Crippen LogP contribution in [0.4, 0.5) is 0 Å². The van der Waals surface area contributed by atoms with Gasteiger partial charge in [0.15, 0.2) is 0 Å². The molecular weight excluding hydrogens is 250 g/mol. The van der Waals surface area contributed by atoms with E-state index in [1.807, 2.05) is 20.0 Å². The lowest BCUT2D eigenvalue weighted by Gasteiger charge is -2.13. The maximum atomic E-state index is 5.91. The van der Waals surface area contributed by atoms with Crippen LogP contribution in [0.25, 0.3) is 11.0 Å². The Balaban J connectivity index is 2.08. The summed E-state index contributed by atoms with van der Waals surface area (Å²) in [5.41, 5.74) is 9.12. The second-order valence-corrected chi connectivity index (χ2v) is 4.86. The zero-order valence-electron chi connectivity index (χ0n) is 11.6. The van der Waals surface area contributed by atoms with Crippen molar-refractivity contribution in [1.82, 2.24) is 19.5 Å². The summed E-state index contributed by atoms with van der Waals surface area (Å²) < 4.78 is 2.08. The number of aryl methyl sites for hydroxylation is 2. The predicted molar refractivity (Wildman–Crippen MR) is 78.4 cm³/mol. The van der Waals surface area contributed by atoms with E-state index in [9.17, 15) is 0 Å². The monoisotopic (exact) mass is 267 g/mol. The van der Waals surface area contributed by atoms with E-state index in [0.717, 1.165) is 28.2 Å². The molecule has 3 rings (SSSR count). The van der Waals surface area contributed by atoms with Gasteiger partial charge in [-0.05, 0) is 30.7 Å². The third-order valence-corrected chi connectivity index (χ3v) is 3.66. The summed E-state index contributed by atoms with van der Waals surface area (Å²) in [6.45, 7) is 2.47. The Bertz CT molecular complexity index is 733. The molecule has 102 valence electrons. The van der Waals surface area contributed by atoms with Gasteiger partial charge in [-0.2, -0.15) is 0 Å². The summed E-state index contributed by atoms with van der Waals surface area (Å²) in [6.07, 6.45) is 3.49. The smallest absolute Gasteiger partial charge is 0.136 e. The molecule has 0 fully saturated rings. The molecule has 1 aromatic carbocycles. The van der Waals surface area contributed by atoms with Crippen LogP contribution in [0.2, 0.25) is 0 Å². The molecule has 0 saturated heterocycles. The zero-order valence-corrected chi connectivity index (χ0v) is 11.6. The quantitative estimate of drug-likeness (QED) is 0.785. The van der Waals surface area contributed by atoms with E-state index in [0.29, 0.717) is 6.54 Å². The van der Waals surface area contributed by atoms with E-state index in [-0.39, 0.29) is 5.92 Å². The number of fused-ring (bicyclic) bond motifs is 1. The molecule has 0 radical (unpaired) electrons. The highest BCUT2D eigenvalue weighted by atomic mass is 15.0. The first kappa shape index (κ1) is 12.7. The zero-order chi connectivity index (χ0) is 14.1. The summed E-state index contributed by atoms with van der Waals surface area (Å²) >= 11 is 0. The third-order valence-electron chi connectivity index (χ3n) is 3.66. The largest absolute Gasteiger partial charge is 0.331 e. The fraction of sp³-hybridized carbons (Fsp3) is 0.267. The second-order valence-electron chi connectivity index (χ2n) is 4.86. The van der Waals surface area contributed by atoms with Crippen molar-refractivity contribution in [2.45, 2.75) is 12.8 Å². The minimum Gasteiger partial charge on any atom is -0.331 e. The number of nitrogens with zero attached hydrogens (tertiary/aromatic N) is 4. The standard InChI is InChI=1S/C15H17N5/c1-10-19-13-8-11(4-5-14(13)20(10)2)12(9-16)15-17-6-3-7-18-15/h3-8,12H,9,16H2,1-2H3. The topological polar surface area (TPSA) is 69.6 Å². The fourth-order valence-electron chi connectivity index (χ4n) is 2.44. The molecule has 5 nitrogen and oxygen atoms in total. The van der Waals surface area contributed by atoms with Gasteiger partial charge in [0, 0.05) is 26.0 Å². The lowest BCUT2D eigenvalue weighted by Crippen LogP contribution is -2.16. The molecule has 3 aromatic rings. The van der Waals surface area contributed by atoms with E-state index in [2.05, 4.69) is 37.7 Å². The summed E-state index contributed by atoms with van der Waals surface area (Å²) in [5, 5.41) is 0. The van der Waals surface area contributed by atoms with Crippen molar-refractivity contribution in [3.8, 4) is 0 Å². The highest BCUT2D eigenvalue weighted by molar-refractivity contribution is 5.77. The Morgan fingerprint density at radius 1 is 1.25 bits per heavy atom. The van der Waals surface area contributed by atoms with Crippen molar-refractivity contribution >= 4 is 11.0 Å². The van der Waals surface area contributed by atoms with Crippen LogP contribution >= 0.6 is 0 Å². The van der Waals surface area contributed by atoms with Crippen LogP contribution in [-0.4, -0.2) is 26.1 Å². The highest BCUT2D eigenvalue weighted by Gasteiger charge is 2.16. The van der Waals surface area contributed by atoms with Crippen LogP contribution in [0.1, 0.15) is 23.1 Å². The van der Waals surface area contributed by atoms with Crippen LogP contribution in [0, 0.1) is 6.92 Å². The van der Waals surface area contributed by atoms with Gasteiger partial charge in [-0.15, -0.1) is 0 Å². The maximum Gasteiger partial charge on any atom is 0.136 e. The molecule has 0 aliphatic carbocycles. The normalized spacial score (nSPS) is 12.8. The number of hydrogen-bond acceptors (Lipinski definition) is 4. The van der Waals surface area contributed by atoms with E-state index in [1.54, 1.807) is 12.4 Å². The maximum absolute atomic E-state index is 5.91. The highest BCUT2D eigenvalue weighted by Crippen LogP contribution is 2.24. The SMILES string of the molecule is Cc1nc2cc(C(CN)c3ncccn3)ccc2n1C. The molecule has 0 saturated carbocycles. The molecule has 5 heteroatoms. The Morgan fingerprint density at radius 2 is 2.00 bits per heavy atom. The van der Waals surface area contributed by atoms with Crippen molar-refractivity contribution in [2.24, 2.45) is 12.8 Å². The molecule has 20 heavy (non-hydrogen) atoms. The number of nitrogens with two attached hydrogens (primary N) is 1. The van der Waals surface area contributed by atoms with Gasteiger partial charge >= 0.3 is 0 Å². The molecule has 0 spiro atoms. The number of benzene rings is 1. The van der Waals surface area contributed by atoms with E-state index in [4.69, 9.17) is 5.73 Å². The van der Waals surface area contributed by atoms with Crippen LogP contribution in [-0.2, 0) is 7.05 Å². The molecule has 1 unspecified atom stereocenters. The molecule has 0 bridgehead atoms. The van der Waals surface area contributed by atoms with Gasteiger partial charge in [0.05, 0.1) is 17.0 Å². The molecule has 1 atom stereocenters. The fourth-order valence-corrected chi connectivity index (χ4v) is 2.44. The molecule has 2 heterocycles. The summed E-state index contributed by atoms with van der Waals surface area (Å²) in [7, 11) is 2.02. The van der Waals surface area contributed by atoms with Gasteiger partial charge in [0.2, 0.25) is 0 Å². The second kappa shape index (κ2) is 5.02. The van der Waals surface area contributed by atoms with Crippen LogP contribution < -0.4 is 5.73 Å². The molecular formula is C15H17N5. The van der Waals surface area contributed by atoms with Crippen molar-refractivity contribution < 1.29 is 0 Å². The average Bonchev–Trinajstić information content (AvgIpc) is 2.76. The molecule has 2 aromatic heterocycles. The molecule has 0 aliphatic heterocycles. The van der Waals surface area contributed by atoms with E-state index >= 15 is 0 Å². The first-order valence-corrected chi connectivity index (χ1v) is 6.60. The van der Waals surface area contributed by atoms with Gasteiger partial charge in [0.1, 0.15) is 11.6 Å². The van der Waals surface area contributed by atoms with Gasteiger partial charge in [-0.1, -0.05) is 6.07 Å². The van der Waals surface area contributed by atoms with Gasteiger partial charge < -0.3 is 10.3 Å². The van der Waals surface area contributed by atoms with Crippen LogP contribution in [0.5, 0.6) is 0 Å². The Morgan fingerprint density at radius 3 is 2.70 bits per heavy atom. The van der Waals surface area contributed by atoms with Crippen molar-refractivity contribution in [1.29, 1.82) is 0 Å². The Hall–Kier alpha value is -2.27. The minimum absolute atomic E-state index is 0.00270. The molecule has 0 aliphatic rings. The Labute approximate surface area is 117 Å². The number of rotatable bonds is 3. The molecule has 2 N–H and O–H groups in total. The summed E-state index contributed by atoms with van der Waals surface area (Å²) in [6, 6.07) is 8.05. The molecule has 0 amide bonds. The number of hydrogen-bond donors (Lipinski definition) is 1. The van der Waals surface area contributed by atoms with E-state index < -0.39 is 0 Å². The third kappa shape index (κ3) is 2.06. The van der Waals surface area contributed by atoms with E-state index in [1.165, 1.54) is 0 Å². The summed E-state index contributed by atoms with van der Waals surface area (Å²) in [5.74, 6) is 1.75. The Kier molecular flexibility index (Phi) is 3.20. The van der Waals surface area contributed by atoms with Crippen LogP contribution in [0.3, 0.4) is 0 Å². The predicted octanol–water partition coefficient (Wildman–Crippen LogP) is 1.76. The summed E-state index contributed by atoms with van der Waals surface area (Å²) in [4.78, 5) is 13.2. The first-order valence-electron chi connectivity index (χ1n) is 6.60.